The average Bonchev–Trinajstić information content (AvgIpc) is 3.05. The second-order valence-electron chi connectivity index (χ2n) is 14.2. The maximum absolute atomic E-state index is 12.1. The van der Waals surface area contributed by atoms with E-state index in [4.69, 9.17) is 29.2 Å². The van der Waals surface area contributed by atoms with Crippen molar-refractivity contribution >= 4 is 24.1 Å². The summed E-state index contributed by atoms with van der Waals surface area (Å²) in [6.45, 7) is 8.33. The third kappa shape index (κ3) is 10.6. The van der Waals surface area contributed by atoms with Crippen LogP contribution in [0.2, 0.25) is 0 Å². The number of carboxylic acid groups (broad SMARTS) is 2. The maximum atomic E-state index is 12.1. The van der Waals surface area contributed by atoms with Gasteiger partial charge in [0.2, 0.25) is 12.6 Å². The van der Waals surface area contributed by atoms with Crippen molar-refractivity contribution in [3.8, 4) is 0 Å². The van der Waals surface area contributed by atoms with Gasteiger partial charge in [-0.05, 0) is 49.4 Å². The summed E-state index contributed by atoms with van der Waals surface area (Å²) >= 11 is 0. The van der Waals surface area contributed by atoms with Gasteiger partial charge in [-0.1, -0.05) is 53.4 Å². The van der Waals surface area contributed by atoms with Crippen molar-refractivity contribution in [2.24, 2.45) is 23.7 Å². The normalized spacial score (nSPS) is 39.0. The molecule has 50 heavy (non-hydrogen) atoms. The van der Waals surface area contributed by atoms with Gasteiger partial charge in [-0.15, -0.1) is 0 Å². The van der Waals surface area contributed by atoms with Crippen molar-refractivity contribution in [3.05, 3.63) is 0 Å². The summed E-state index contributed by atoms with van der Waals surface area (Å²) in [6.07, 6.45) is -11.6. The van der Waals surface area contributed by atoms with Gasteiger partial charge in [-0.3, -0.25) is 0 Å². The predicted molar refractivity (Wildman–Crippen MR) is 169 cm³/mol. The topological polar surface area (TPSA) is 291 Å². The monoisotopic (exact) mass is 722 g/mol. The van der Waals surface area contributed by atoms with Crippen LogP contribution in [-0.4, -0.2) is 138 Å². The molecule has 2 aliphatic carbocycles. The molecule has 4 rings (SSSR count). The number of aliphatic carboxylic acids is 2. The summed E-state index contributed by atoms with van der Waals surface area (Å²) in [5.74, 6) is -1.68. The van der Waals surface area contributed by atoms with Gasteiger partial charge in [0.1, 0.15) is 36.6 Å². The summed E-state index contributed by atoms with van der Waals surface area (Å²) < 4.78 is 19.8. The fraction of sp³-hybridized carbons (Fsp3) is 0.875. The molecule has 18 heteroatoms. The molecule has 288 valence electrons. The van der Waals surface area contributed by atoms with Gasteiger partial charge in [0.05, 0.1) is 0 Å². The van der Waals surface area contributed by atoms with Crippen LogP contribution in [0, 0.1) is 23.7 Å². The van der Waals surface area contributed by atoms with E-state index in [0.29, 0.717) is 23.7 Å². The second kappa shape index (κ2) is 18.6. The molecule has 2 saturated heterocycles. The number of hydrogen-bond acceptors (Lipinski definition) is 14. The van der Waals surface area contributed by atoms with Crippen LogP contribution in [0.4, 0.5) is 9.59 Å². The Balaban J connectivity index is 0.000000270. The molecule has 0 bridgehead atoms. The van der Waals surface area contributed by atoms with E-state index in [9.17, 15) is 49.8 Å². The summed E-state index contributed by atoms with van der Waals surface area (Å²) in [5, 5.41) is 81.9. The molecule has 0 unspecified atom stereocenters. The lowest BCUT2D eigenvalue weighted by molar-refractivity contribution is -0.278. The zero-order valence-corrected chi connectivity index (χ0v) is 28.7. The van der Waals surface area contributed by atoms with Crippen molar-refractivity contribution in [3.63, 3.8) is 0 Å². The number of amides is 2. The van der Waals surface area contributed by atoms with Crippen molar-refractivity contribution in [2.45, 2.75) is 153 Å². The van der Waals surface area contributed by atoms with Gasteiger partial charge in [0.25, 0.3) is 0 Å². The third-order valence-electron chi connectivity index (χ3n) is 10.0. The van der Waals surface area contributed by atoms with Crippen molar-refractivity contribution < 1.29 is 79.0 Å². The van der Waals surface area contributed by atoms with Crippen LogP contribution in [-0.2, 0) is 28.5 Å². The lowest BCUT2D eigenvalue weighted by Crippen LogP contribution is -2.61. The number of ether oxygens (including phenoxy) is 4. The highest BCUT2D eigenvalue weighted by molar-refractivity contribution is 5.74. The van der Waals surface area contributed by atoms with Crippen LogP contribution in [0.5, 0.6) is 0 Å². The number of hydrogen-bond donors (Lipinski definition) is 10. The van der Waals surface area contributed by atoms with Gasteiger partial charge in [0.15, 0.2) is 12.2 Å². The van der Waals surface area contributed by atoms with E-state index in [1.54, 1.807) is 0 Å². The van der Waals surface area contributed by atoms with E-state index in [2.05, 4.69) is 38.3 Å². The molecule has 4 fully saturated rings. The van der Waals surface area contributed by atoms with E-state index in [1.807, 2.05) is 0 Å². The first-order valence-electron chi connectivity index (χ1n) is 17.2. The van der Waals surface area contributed by atoms with Crippen LogP contribution < -0.4 is 10.6 Å². The number of alkyl carbamates (subject to hydrolysis) is 2. The zero-order valence-electron chi connectivity index (χ0n) is 28.7. The van der Waals surface area contributed by atoms with Gasteiger partial charge in [0, 0.05) is 12.1 Å². The van der Waals surface area contributed by atoms with Crippen molar-refractivity contribution in [2.75, 3.05) is 0 Å². The van der Waals surface area contributed by atoms with E-state index in [1.165, 1.54) is 0 Å². The SMILES string of the molecule is CC(C)[C@@H]1CCCC[C@@H]1NC(=O)O[C@@H]1O[C@H](C(=O)O)[C@@H](O)[C@H](O)[C@H]1O.CC(C)[C@@H]1CCCC[C@@H]1NC(=O)O[C@H]1O[C@H](C(=O)O)[C@@H](O)[C@H](O)[C@H]1O. The molecule has 2 heterocycles. The third-order valence-corrected chi connectivity index (χ3v) is 10.0. The largest absolute Gasteiger partial charge is 0.479 e. The Labute approximate surface area is 290 Å². The van der Waals surface area contributed by atoms with E-state index in [-0.39, 0.29) is 12.1 Å². The highest BCUT2D eigenvalue weighted by atomic mass is 16.7. The molecule has 2 saturated carbocycles. The van der Waals surface area contributed by atoms with Crippen LogP contribution in [0.3, 0.4) is 0 Å². The van der Waals surface area contributed by atoms with Crippen LogP contribution in [0.15, 0.2) is 0 Å². The molecule has 0 aromatic carbocycles. The molecule has 4 aliphatic rings. The summed E-state index contributed by atoms with van der Waals surface area (Å²) in [6, 6.07) is -0.152. The van der Waals surface area contributed by atoms with Crippen LogP contribution >= 0.6 is 0 Å². The van der Waals surface area contributed by atoms with Crippen LogP contribution in [0.1, 0.15) is 79.1 Å². The Hall–Kier alpha value is -2.84. The summed E-state index contributed by atoms with van der Waals surface area (Å²) in [7, 11) is 0. The first-order valence-corrected chi connectivity index (χ1v) is 17.2. The van der Waals surface area contributed by atoms with Crippen molar-refractivity contribution in [1.29, 1.82) is 0 Å². The van der Waals surface area contributed by atoms with E-state index < -0.39 is 85.5 Å². The van der Waals surface area contributed by atoms with Gasteiger partial charge >= 0.3 is 24.1 Å². The number of aliphatic hydroxyl groups is 6. The minimum absolute atomic E-state index is 0.0761. The number of rotatable bonds is 8. The van der Waals surface area contributed by atoms with E-state index in [0.717, 1.165) is 51.4 Å². The van der Waals surface area contributed by atoms with E-state index >= 15 is 0 Å². The Morgan fingerprint density at radius 2 is 0.860 bits per heavy atom. The molecule has 18 nitrogen and oxygen atoms in total. The van der Waals surface area contributed by atoms with Gasteiger partial charge < -0.3 is 70.4 Å². The number of nitrogens with one attached hydrogen (secondary N) is 2. The predicted octanol–water partition coefficient (Wildman–Crippen LogP) is -0.361. The van der Waals surface area contributed by atoms with Crippen molar-refractivity contribution in [1.82, 2.24) is 10.6 Å². The molecule has 0 radical (unpaired) electrons. The van der Waals surface area contributed by atoms with Crippen LogP contribution in [0.25, 0.3) is 0 Å². The molecular weight excluding hydrogens is 668 g/mol. The maximum Gasteiger partial charge on any atom is 0.409 e. The molecule has 0 spiro atoms. The molecule has 2 amide bonds. The van der Waals surface area contributed by atoms with Gasteiger partial charge in [-0.2, -0.15) is 0 Å². The first-order chi connectivity index (χ1) is 23.4. The average molecular weight is 723 g/mol. The Morgan fingerprint density at radius 3 is 1.16 bits per heavy atom. The highest BCUT2D eigenvalue weighted by Crippen LogP contribution is 2.32. The highest BCUT2D eigenvalue weighted by Gasteiger charge is 2.50. The lowest BCUT2D eigenvalue weighted by atomic mass is 9.78. The first kappa shape index (κ1) is 41.6. The Morgan fingerprint density at radius 1 is 0.540 bits per heavy atom. The molecular formula is C32H54N2O16. The summed E-state index contributed by atoms with van der Waals surface area (Å²) in [5.41, 5.74) is 0. The molecule has 10 N–H and O–H groups in total. The number of carboxylic acids is 2. The zero-order chi connectivity index (χ0) is 37.4. The molecule has 0 aromatic rings. The summed E-state index contributed by atoms with van der Waals surface area (Å²) in [4.78, 5) is 46.4. The fourth-order valence-electron chi connectivity index (χ4n) is 7.15. The Kier molecular flexibility index (Phi) is 15.5. The minimum atomic E-state index is -1.82. The van der Waals surface area contributed by atoms with Gasteiger partial charge in [-0.25, -0.2) is 19.2 Å². The standard InChI is InChI=1S/2C16H27NO8/c2*1-7(2)8-5-3-4-6-9(8)17-16(23)25-15-12(20)10(18)11(19)13(24-15)14(21)22/h2*7-13,15,18-20H,3-6H2,1-2H3,(H,17,23)(H,21,22)/t8-,9-,10-,11-,12+,13-,15+;8-,9-,10-,11-,12+,13-,15-/m00/s1. The fourth-order valence-corrected chi connectivity index (χ4v) is 7.15. The quantitative estimate of drug-likeness (QED) is 0.153. The molecule has 2 aliphatic heterocycles. The number of aliphatic hydroxyl groups excluding tert-OH is 6. The number of carbonyl (C=O) groups excluding carboxylic acids is 2. The molecule has 14 atom stereocenters. The Bertz CT molecular complexity index is 1060. The lowest BCUT2D eigenvalue weighted by Gasteiger charge is -2.39. The smallest absolute Gasteiger partial charge is 0.409 e. The number of carbonyl (C=O) groups is 4. The molecule has 0 aromatic heterocycles. The second-order valence-corrected chi connectivity index (χ2v) is 14.2. The minimum Gasteiger partial charge on any atom is -0.479 e.